The fourth-order valence-electron chi connectivity index (χ4n) is 2.39. The van der Waals surface area contributed by atoms with Crippen molar-refractivity contribution < 1.29 is 13.2 Å². The van der Waals surface area contributed by atoms with Gasteiger partial charge < -0.3 is 9.88 Å². The third kappa shape index (κ3) is 4.20. The summed E-state index contributed by atoms with van der Waals surface area (Å²) in [5, 5.41) is 16.4. The van der Waals surface area contributed by atoms with E-state index in [1.54, 1.807) is 13.0 Å². The van der Waals surface area contributed by atoms with Crippen LogP contribution < -0.4 is 10.5 Å². The van der Waals surface area contributed by atoms with Gasteiger partial charge in [-0.1, -0.05) is 17.8 Å². The summed E-state index contributed by atoms with van der Waals surface area (Å²) in [5.74, 6) is 0.595. The number of aromatic nitrogens is 3. The van der Waals surface area contributed by atoms with Crippen molar-refractivity contribution in [2.75, 3.05) is 5.32 Å². The molecule has 25 heavy (non-hydrogen) atoms. The molecule has 1 saturated carbocycles. The molecule has 2 aromatic rings. The van der Waals surface area contributed by atoms with Gasteiger partial charge in [-0.2, -0.15) is 0 Å². The van der Waals surface area contributed by atoms with Gasteiger partial charge in [0.2, 0.25) is 15.9 Å². The van der Waals surface area contributed by atoms with Crippen LogP contribution in [0.5, 0.6) is 0 Å². The van der Waals surface area contributed by atoms with E-state index in [2.05, 4.69) is 20.1 Å². The average molecular weight is 381 g/mol. The number of nitrogens with zero attached hydrogens (tertiary/aromatic N) is 3. The zero-order valence-corrected chi connectivity index (χ0v) is 15.5. The summed E-state index contributed by atoms with van der Waals surface area (Å²) in [6.07, 6.45) is 2.21. The Labute approximate surface area is 150 Å². The van der Waals surface area contributed by atoms with Crippen molar-refractivity contribution >= 4 is 33.4 Å². The van der Waals surface area contributed by atoms with E-state index in [1.807, 2.05) is 6.92 Å². The first-order valence-electron chi connectivity index (χ1n) is 7.77. The summed E-state index contributed by atoms with van der Waals surface area (Å²) in [6.45, 7) is 3.67. The van der Waals surface area contributed by atoms with Crippen molar-refractivity contribution in [3.8, 4) is 0 Å². The molecule has 0 saturated heterocycles. The largest absolute Gasteiger partial charge is 0.325 e. The van der Waals surface area contributed by atoms with Crippen LogP contribution in [0.15, 0.2) is 34.3 Å². The van der Waals surface area contributed by atoms with Gasteiger partial charge in [-0.05, 0) is 44.9 Å². The summed E-state index contributed by atoms with van der Waals surface area (Å²) in [7, 11) is -3.81. The van der Waals surface area contributed by atoms with Crippen LogP contribution in [-0.2, 0) is 14.8 Å². The predicted molar refractivity (Wildman–Crippen MR) is 94.8 cm³/mol. The van der Waals surface area contributed by atoms with Gasteiger partial charge in [-0.25, -0.2) is 13.6 Å². The standard InChI is InChI=1S/C15H19N5O3S2/c1-9(24-15-19-18-10(2)20(15)12-6-7-12)14(21)17-11-4-3-5-13(8-11)25(16,22)23/h3-5,8-9,12H,6-7H2,1-2H3,(H,17,21)(H2,16,22,23)/t9-/m0/s1. The molecular formula is C15H19N5O3S2. The van der Waals surface area contributed by atoms with E-state index in [4.69, 9.17) is 5.14 Å². The first-order valence-corrected chi connectivity index (χ1v) is 10.2. The Hall–Kier alpha value is -1.91. The number of nitrogens with one attached hydrogen (secondary N) is 1. The minimum Gasteiger partial charge on any atom is -0.325 e. The lowest BCUT2D eigenvalue weighted by Gasteiger charge is -2.13. The molecule has 1 atom stereocenters. The summed E-state index contributed by atoms with van der Waals surface area (Å²) >= 11 is 1.33. The van der Waals surface area contributed by atoms with Crippen LogP contribution in [-0.4, -0.2) is 34.3 Å². The number of sulfonamides is 1. The smallest absolute Gasteiger partial charge is 0.238 e. The number of amides is 1. The molecule has 0 unspecified atom stereocenters. The summed E-state index contributed by atoms with van der Waals surface area (Å²) in [6, 6.07) is 6.28. The number of aryl methyl sites for hydroxylation is 1. The number of benzene rings is 1. The van der Waals surface area contributed by atoms with Gasteiger partial charge in [-0.3, -0.25) is 4.79 Å². The van der Waals surface area contributed by atoms with Crippen LogP contribution in [0, 0.1) is 6.92 Å². The molecule has 1 heterocycles. The predicted octanol–water partition coefficient (Wildman–Crippen LogP) is 1.69. The van der Waals surface area contributed by atoms with Crippen molar-refractivity contribution in [1.29, 1.82) is 0 Å². The van der Waals surface area contributed by atoms with Crippen molar-refractivity contribution in [1.82, 2.24) is 14.8 Å². The van der Waals surface area contributed by atoms with E-state index < -0.39 is 15.3 Å². The molecule has 0 bridgehead atoms. The molecule has 3 rings (SSSR count). The van der Waals surface area contributed by atoms with Crippen LogP contribution in [0.4, 0.5) is 5.69 Å². The molecule has 1 aromatic carbocycles. The third-order valence-corrected chi connectivity index (χ3v) is 5.80. The monoisotopic (exact) mass is 381 g/mol. The Kier molecular flexibility index (Phi) is 4.85. The van der Waals surface area contributed by atoms with E-state index in [0.717, 1.165) is 23.8 Å². The number of anilines is 1. The number of rotatable bonds is 6. The molecule has 1 amide bonds. The first-order chi connectivity index (χ1) is 11.8. The maximum absolute atomic E-state index is 12.4. The minimum absolute atomic E-state index is 0.0466. The van der Waals surface area contributed by atoms with Crippen molar-refractivity contribution in [3.05, 3.63) is 30.1 Å². The fraction of sp³-hybridized carbons (Fsp3) is 0.400. The van der Waals surface area contributed by atoms with Crippen LogP contribution in [0.2, 0.25) is 0 Å². The molecule has 0 radical (unpaired) electrons. The molecule has 1 fully saturated rings. The van der Waals surface area contributed by atoms with Crippen molar-refractivity contribution in [3.63, 3.8) is 0 Å². The maximum Gasteiger partial charge on any atom is 0.238 e. The molecule has 8 nitrogen and oxygen atoms in total. The van der Waals surface area contributed by atoms with Crippen LogP contribution >= 0.6 is 11.8 Å². The quantitative estimate of drug-likeness (QED) is 0.735. The van der Waals surface area contributed by atoms with Gasteiger partial charge in [0.25, 0.3) is 0 Å². The maximum atomic E-state index is 12.4. The number of carbonyl (C=O) groups is 1. The highest BCUT2D eigenvalue weighted by Crippen LogP contribution is 2.39. The Morgan fingerprint density at radius 1 is 1.40 bits per heavy atom. The Bertz CT molecular complexity index is 906. The highest BCUT2D eigenvalue weighted by atomic mass is 32.2. The Morgan fingerprint density at radius 3 is 2.76 bits per heavy atom. The summed E-state index contributed by atoms with van der Waals surface area (Å²) in [5.41, 5.74) is 0.379. The van der Waals surface area contributed by atoms with E-state index in [-0.39, 0.29) is 10.8 Å². The molecule has 10 heteroatoms. The number of hydrogen-bond donors (Lipinski definition) is 2. The second-order valence-electron chi connectivity index (χ2n) is 5.95. The summed E-state index contributed by atoms with van der Waals surface area (Å²) < 4.78 is 24.9. The van der Waals surface area contributed by atoms with Crippen LogP contribution in [0.3, 0.4) is 0 Å². The lowest BCUT2D eigenvalue weighted by Crippen LogP contribution is -2.23. The molecule has 134 valence electrons. The number of hydrogen-bond acceptors (Lipinski definition) is 6. The molecule has 1 aliphatic carbocycles. The number of primary sulfonamides is 1. The van der Waals surface area contributed by atoms with Gasteiger partial charge in [-0.15, -0.1) is 10.2 Å². The van der Waals surface area contributed by atoms with E-state index in [0.29, 0.717) is 11.7 Å². The number of nitrogens with two attached hydrogens (primary N) is 1. The minimum atomic E-state index is -3.81. The van der Waals surface area contributed by atoms with Crippen molar-refractivity contribution in [2.24, 2.45) is 5.14 Å². The Morgan fingerprint density at radius 2 is 2.12 bits per heavy atom. The molecule has 0 aliphatic heterocycles. The molecule has 0 spiro atoms. The van der Waals surface area contributed by atoms with Crippen LogP contribution in [0.25, 0.3) is 0 Å². The zero-order chi connectivity index (χ0) is 18.2. The Balaban J connectivity index is 1.69. The lowest BCUT2D eigenvalue weighted by atomic mass is 10.3. The van der Waals surface area contributed by atoms with E-state index >= 15 is 0 Å². The molecule has 3 N–H and O–H groups in total. The lowest BCUT2D eigenvalue weighted by molar-refractivity contribution is -0.115. The zero-order valence-electron chi connectivity index (χ0n) is 13.8. The molecule has 1 aromatic heterocycles. The van der Waals surface area contributed by atoms with Crippen LogP contribution in [0.1, 0.15) is 31.6 Å². The highest BCUT2D eigenvalue weighted by Gasteiger charge is 2.29. The number of thioether (sulfide) groups is 1. The molecule has 1 aliphatic rings. The SMILES string of the molecule is Cc1nnc(S[C@@H](C)C(=O)Nc2cccc(S(N)(=O)=O)c2)n1C1CC1. The van der Waals surface area contributed by atoms with Gasteiger partial charge in [0, 0.05) is 11.7 Å². The van der Waals surface area contributed by atoms with Gasteiger partial charge in [0.1, 0.15) is 5.82 Å². The average Bonchev–Trinajstić information content (AvgIpc) is 3.31. The third-order valence-electron chi connectivity index (χ3n) is 3.83. The molecular weight excluding hydrogens is 362 g/mol. The van der Waals surface area contributed by atoms with Gasteiger partial charge in [0.05, 0.1) is 10.1 Å². The van der Waals surface area contributed by atoms with E-state index in [1.165, 1.54) is 30.0 Å². The van der Waals surface area contributed by atoms with Crippen molar-refractivity contribution in [2.45, 2.75) is 48.0 Å². The second kappa shape index (κ2) is 6.77. The summed E-state index contributed by atoms with van der Waals surface area (Å²) in [4.78, 5) is 12.4. The second-order valence-corrected chi connectivity index (χ2v) is 8.82. The van der Waals surface area contributed by atoms with Gasteiger partial charge in [0.15, 0.2) is 5.16 Å². The first kappa shape index (κ1) is 17.9. The van der Waals surface area contributed by atoms with Gasteiger partial charge >= 0.3 is 0 Å². The number of carbonyl (C=O) groups excluding carboxylic acids is 1. The van der Waals surface area contributed by atoms with E-state index in [9.17, 15) is 13.2 Å². The highest BCUT2D eigenvalue weighted by molar-refractivity contribution is 8.00. The topological polar surface area (TPSA) is 120 Å². The fourth-order valence-corrected chi connectivity index (χ4v) is 3.91. The normalized spacial score (nSPS) is 15.8.